The second-order valence-corrected chi connectivity index (χ2v) is 4.04. The minimum atomic E-state index is 0.628. The van der Waals surface area contributed by atoms with Crippen molar-refractivity contribution in [1.29, 1.82) is 0 Å². The fourth-order valence-corrected chi connectivity index (χ4v) is 1.32. The van der Waals surface area contributed by atoms with Gasteiger partial charge in [-0.25, -0.2) is 0 Å². The van der Waals surface area contributed by atoms with Crippen LogP contribution in [0.2, 0.25) is 0 Å². The molecule has 1 rings (SSSR count). The van der Waals surface area contributed by atoms with Crippen LogP contribution < -0.4 is 10.6 Å². The third-order valence-corrected chi connectivity index (χ3v) is 2.07. The highest BCUT2D eigenvalue weighted by atomic mass is 32.1. The summed E-state index contributed by atoms with van der Waals surface area (Å²) >= 11 is 5.13. The molecule has 0 spiro atoms. The molecule has 0 aliphatic rings. The van der Waals surface area contributed by atoms with Crippen LogP contribution in [0.3, 0.4) is 0 Å². The van der Waals surface area contributed by atoms with Gasteiger partial charge in [-0.15, -0.1) is 0 Å². The minimum absolute atomic E-state index is 0.628. The number of hydrogen-bond acceptors (Lipinski definition) is 1. The zero-order valence-electron chi connectivity index (χ0n) is 9.13. The van der Waals surface area contributed by atoms with Crippen LogP contribution in [0.15, 0.2) is 36.4 Å². The summed E-state index contributed by atoms with van der Waals surface area (Å²) in [4.78, 5) is 0. The van der Waals surface area contributed by atoms with Crippen molar-refractivity contribution < 1.29 is 0 Å². The van der Waals surface area contributed by atoms with Crippen molar-refractivity contribution in [2.24, 2.45) is 0 Å². The van der Waals surface area contributed by atoms with Crippen LogP contribution in [0.25, 0.3) is 0 Å². The Kier molecular flexibility index (Phi) is 4.31. The number of anilines is 1. The first kappa shape index (κ1) is 11.7. The molecule has 0 aromatic heterocycles. The molecule has 0 aliphatic carbocycles. The van der Waals surface area contributed by atoms with E-state index in [0.717, 1.165) is 11.3 Å². The maximum absolute atomic E-state index is 5.13. The van der Waals surface area contributed by atoms with Crippen molar-refractivity contribution in [2.75, 3.05) is 11.9 Å². The van der Waals surface area contributed by atoms with E-state index in [9.17, 15) is 0 Å². The third kappa shape index (κ3) is 4.61. The Hall–Kier alpha value is -1.35. The van der Waals surface area contributed by atoms with Gasteiger partial charge in [-0.1, -0.05) is 24.3 Å². The molecule has 3 heteroatoms. The molecular weight excluding hydrogens is 204 g/mol. The number of hydrogen-bond donors (Lipinski definition) is 2. The van der Waals surface area contributed by atoms with E-state index >= 15 is 0 Å². The summed E-state index contributed by atoms with van der Waals surface area (Å²) in [5, 5.41) is 6.82. The molecule has 0 bridgehead atoms. The Morgan fingerprint density at radius 1 is 1.47 bits per heavy atom. The van der Waals surface area contributed by atoms with Crippen LogP contribution in [-0.4, -0.2) is 11.7 Å². The predicted octanol–water partition coefficient (Wildman–Crippen LogP) is 2.86. The Morgan fingerprint density at radius 3 is 2.80 bits per heavy atom. The lowest BCUT2D eigenvalue weighted by molar-refractivity contribution is 1.000. The molecule has 0 atom stereocenters. The molecule has 1 aromatic carbocycles. The van der Waals surface area contributed by atoms with E-state index in [2.05, 4.69) is 36.3 Å². The number of thiocarbonyl (C=S) groups is 1. The fraction of sp³-hybridized carbons (Fsp3) is 0.250. The normalized spacial score (nSPS) is 9.47. The van der Waals surface area contributed by atoms with Gasteiger partial charge in [0.25, 0.3) is 0 Å². The molecule has 1 aromatic rings. The second kappa shape index (κ2) is 5.51. The molecule has 80 valence electrons. The average molecular weight is 220 g/mol. The van der Waals surface area contributed by atoms with Crippen molar-refractivity contribution in [2.45, 2.75) is 13.8 Å². The first-order valence-electron chi connectivity index (χ1n) is 4.84. The molecule has 0 saturated heterocycles. The second-order valence-electron chi connectivity index (χ2n) is 3.63. The molecule has 0 amide bonds. The minimum Gasteiger partial charge on any atom is -0.359 e. The SMILES string of the molecule is C=C(C)CNC(=S)Nc1cccc(C)c1. The summed E-state index contributed by atoms with van der Waals surface area (Å²) in [7, 11) is 0. The maximum atomic E-state index is 5.13. The zero-order valence-corrected chi connectivity index (χ0v) is 9.95. The zero-order chi connectivity index (χ0) is 11.3. The van der Waals surface area contributed by atoms with Gasteiger partial charge >= 0.3 is 0 Å². The molecule has 0 aliphatic heterocycles. The van der Waals surface area contributed by atoms with Crippen molar-refractivity contribution >= 4 is 23.0 Å². The van der Waals surface area contributed by atoms with Crippen LogP contribution >= 0.6 is 12.2 Å². The van der Waals surface area contributed by atoms with E-state index in [1.165, 1.54) is 5.56 Å². The number of benzene rings is 1. The molecule has 2 nitrogen and oxygen atoms in total. The van der Waals surface area contributed by atoms with E-state index in [1.54, 1.807) is 0 Å². The highest BCUT2D eigenvalue weighted by Gasteiger charge is 1.96. The van der Waals surface area contributed by atoms with Gasteiger partial charge in [-0.3, -0.25) is 0 Å². The van der Waals surface area contributed by atoms with Crippen LogP contribution in [0.1, 0.15) is 12.5 Å². The quantitative estimate of drug-likeness (QED) is 0.605. The summed E-state index contributed by atoms with van der Waals surface area (Å²) in [6, 6.07) is 8.09. The van der Waals surface area contributed by atoms with E-state index < -0.39 is 0 Å². The Bertz CT molecular complexity index is 372. The largest absolute Gasteiger partial charge is 0.359 e. The van der Waals surface area contributed by atoms with E-state index in [1.807, 2.05) is 19.1 Å². The first-order chi connectivity index (χ1) is 7.08. The van der Waals surface area contributed by atoms with Gasteiger partial charge in [0.2, 0.25) is 0 Å². The van der Waals surface area contributed by atoms with Crippen LogP contribution in [0.4, 0.5) is 5.69 Å². The lowest BCUT2D eigenvalue weighted by Crippen LogP contribution is -2.29. The molecule has 15 heavy (non-hydrogen) atoms. The Labute approximate surface area is 96.4 Å². The molecule has 0 fully saturated rings. The van der Waals surface area contributed by atoms with Gasteiger partial charge in [0.05, 0.1) is 0 Å². The summed E-state index contributed by atoms with van der Waals surface area (Å²) in [5.41, 5.74) is 3.28. The topological polar surface area (TPSA) is 24.1 Å². The smallest absolute Gasteiger partial charge is 0.171 e. The summed E-state index contributed by atoms with van der Waals surface area (Å²) in [5.74, 6) is 0. The summed E-state index contributed by atoms with van der Waals surface area (Å²) < 4.78 is 0. The lowest BCUT2D eigenvalue weighted by atomic mass is 10.2. The van der Waals surface area contributed by atoms with Crippen LogP contribution in [0.5, 0.6) is 0 Å². The molecule has 0 unspecified atom stereocenters. The van der Waals surface area contributed by atoms with Gasteiger partial charge in [0.15, 0.2) is 5.11 Å². The van der Waals surface area contributed by atoms with Gasteiger partial charge in [0, 0.05) is 12.2 Å². The summed E-state index contributed by atoms with van der Waals surface area (Å²) in [6.45, 7) is 8.52. The van der Waals surface area contributed by atoms with Crippen LogP contribution in [0, 0.1) is 6.92 Å². The lowest BCUT2D eigenvalue weighted by Gasteiger charge is -2.10. The predicted molar refractivity (Wildman–Crippen MR) is 70.2 cm³/mol. The molecule has 0 radical (unpaired) electrons. The van der Waals surface area contributed by atoms with Gasteiger partial charge < -0.3 is 10.6 Å². The average Bonchev–Trinajstić information content (AvgIpc) is 2.15. The Morgan fingerprint density at radius 2 is 2.20 bits per heavy atom. The van der Waals surface area contributed by atoms with E-state index in [-0.39, 0.29) is 0 Å². The maximum Gasteiger partial charge on any atom is 0.171 e. The molecule has 0 heterocycles. The van der Waals surface area contributed by atoms with Gasteiger partial charge in [-0.05, 0) is 43.8 Å². The van der Waals surface area contributed by atoms with Gasteiger partial charge in [-0.2, -0.15) is 0 Å². The molecule has 0 saturated carbocycles. The van der Waals surface area contributed by atoms with Crippen molar-refractivity contribution in [3.05, 3.63) is 42.0 Å². The number of nitrogens with one attached hydrogen (secondary N) is 2. The third-order valence-electron chi connectivity index (χ3n) is 1.83. The van der Waals surface area contributed by atoms with Crippen molar-refractivity contribution in [3.63, 3.8) is 0 Å². The van der Waals surface area contributed by atoms with Crippen molar-refractivity contribution in [1.82, 2.24) is 5.32 Å². The van der Waals surface area contributed by atoms with Crippen LogP contribution in [-0.2, 0) is 0 Å². The summed E-state index contributed by atoms with van der Waals surface area (Å²) in [6.07, 6.45) is 0. The molecule has 2 N–H and O–H groups in total. The number of rotatable bonds is 3. The highest BCUT2D eigenvalue weighted by Crippen LogP contribution is 2.08. The standard InChI is InChI=1S/C12H16N2S/c1-9(2)8-13-12(15)14-11-6-4-5-10(3)7-11/h4-7H,1,8H2,2-3H3,(H2,13,14,15). The molecular formula is C12H16N2S. The monoisotopic (exact) mass is 220 g/mol. The van der Waals surface area contributed by atoms with Crippen molar-refractivity contribution in [3.8, 4) is 0 Å². The fourth-order valence-electron chi connectivity index (χ4n) is 1.13. The number of aryl methyl sites for hydroxylation is 1. The van der Waals surface area contributed by atoms with E-state index in [4.69, 9.17) is 12.2 Å². The Balaban J connectivity index is 2.48. The first-order valence-corrected chi connectivity index (χ1v) is 5.24. The van der Waals surface area contributed by atoms with E-state index in [0.29, 0.717) is 11.7 Å². The highest BCUT2D eigenvalue weighted by molar-refractivity contribution is 7.80. The van der Waals surface area contributed by atoms with Gasteiger partial charge in [0.1, 0.15) is 0 Å².